The first kappa shape index (κ1) is 11.0. The maximum Gasteiger partial charge on any atom is 0.195 e. The summed E-state index contributed by atoms with van der Waals surface area (Å²) in [5.74, 6) is 0. The molecule has 92 valence electrons. The standard InChI is InChI=1S/C15H9ClN2S/c16-11-6-7-13-14(8-11)19-15-17-12(9-18(13)15)10-4-2-1-3-5-10/h1-9H. The van der Waals surface area contributed by atoms with Crippen LogP contribution in [0.3, 0.4) is 0 Å². The largest absolute Gasteiger partial charge is 0.290 e. The quantitative estimate of drug-likeness (QED) is 0.487. The second-order valence-corrected chi connectivity index (χ2v) is 5.80. The van der Waals surface area contributed by atoms with Gasteiger partial charge >= 0.3 is 0 Å². The summed E-state index contributed by atoms with van der Waals surface area (Å²) in [6.45, 7) is 0. The topological polar surface area (TPSA) is 17.3 Å². The van der Waals surface area contributed by atoms with Crippen molar-refractivity contribution >= 4 is 38.1 Å². The lowest BCUT2D eigenvalue weighted by molar-refractivity contribution is 1.30. The molecule has 0 atom stereocenters. The van der Waals surface area contributed by atoms with Crippen LogP contribution < -0.4 is 0 Å². The zero-order valence-corrected chi connectivity index (χ0v) is 11.4. The van der Waals surface area contributed by atoms with Gasteiger partial charge in [0.15, 0.2) is 4.96 Å². The summed E-state index contributed by atoms with van der Waals surface area (Å²) in [7, 11) is 0. The highest BCUT2D eigenvalue weighted by Gasteiger charge is 2.09. The molecule has 0 saturated carbocycles. The van der Waals surface area contributed by atoms with E-state index in [1.54, 1.807) is 11.3 Å². The Labute approximate surface area is 118 Å². The van der Waals surface area contributed by atoms with E-state index in [2.05, 4.69) is 27.7 Å². The minimum Gasteiger partial charge on any atom is -0.290 e. The Balaban J connectivity index is 1.98. The van der Waals surface area contributed by atoms with Crippen molar-refractivity contribution in [2.24, 2.45) is 0 Å². The fraction of sp³-hybridized carbons (Fsp3) is 0. The van der Waals surface area contributed by atoms with Crippen LogP contribution in [0.25, 0.3) is 26.4 Å². The van der Waals surface area contributed by atoms with Crippen LogP contribution in [0.1, 0.15) is 0 Å². The van der Waals surface area contributed by atoms with Gasteiger partial charge in [-0.15, -0.1) is 0 Å². The summed E-state index contributed by atoms with van der Waals surface area (Å²) in [4.78, 5) is 5.68. The van der Waals surface area contributed by atoms with Crippen molar-refractivity contribution in [3.8, 4) is 11.3 Å². The summed E-state index contributed by atoms with van der Waals surface area (Å²) in [6.07, 6.45) is 2.08. The van der Waals surface area contributed by atoms with Gasteiger partial charge in [-0.05, 0) is 18.2 Å². The Kier molecular flexibility index (Phi) is 2.37. The minimum atomic E-state index is 0.764. The molecule has 0 amide bonds. The number of fused-ring (bicyclic) bond motifs is 3. The molecule has 0 unspecified atom stereocenters. The van der Waals surface area contributed by atoms with E-state index in [0.29, 0.717) is 0 Å². The van der Waals surface area contributed by atoms with Gasteiger partial charge in [-0.1, -0.05) is 53.3 Å². The molecule has 4 rings (SSSR count). The van der Waals surface area contributed by atoms with Crippen LogP contribution in [-0.4, -0.2) is 9.38 Å². The van der Waals surface area contributed by atoms with Crippen molar-refractivity contribution in [3.63, 3.8) is 0 Å². The lowest BCUT2D eigenvalue weighted by atomic mass is 10.2. The molecule has 2 aromatic carbocycles. The van der Waals surface area contributed by atoms with Crippen molar-refractivity contribution in [2.45, 2.75) is 0 Å². The molecular weight excluding hydrogens is 276 g/mol. The highest BCUT2D eigenvalue weighted by atomic mass is 35.5. The zero-order valence-electron chi connectivity index (χ0n) is 9.88. The summed E-state index contributed by atoms with van der Waals surface area (Å²) in [5.41, 5.74) is 3.29. The maximum absolute atomic E-state index is 6.02. The van der Waals surface area contributed by atoms with Crippen molar-refractivity contribution in [2.75, 3.05) is 0 Å². The molecule has 0 N–H and O–H groups in total. The Morgan fingerprint density at radius 3 is 2.74 bits per heavy atom. The molecule has 0 bridgehead atoms. The Hall–Kier alpha value is -1.84. The van der Waals surface area contributed by atoms with Crippen LogP contribution in [0.2, 0.25) is 5.02 Å². The molecule has 2 nitrogen and oxygen atoms in total. The van der Waals surface area contributed by atoms with E-state index >= 15 is 0 Å². The fourth-order valence-corrected chi connectivity index (χ4v) is 3.51. The molecule has 0 aliphatic carbocycles. The summed E-state index contributed by atoms with van der Waals surface area (Å²) in [6, 6.07) is 16.2. The Morgan fingerprint density at radius 1 is 1.05 bits per heavy atom. The smallest absolute Gasteiger partial charge is 0.195 e. The van der Waals surface area contributed by atoms with Gasteiger partial charge in [-0.2, -0.15) is 0 Å². The van der Waals surface area contributed by atoms with Gasteiger partial charge in [0.25, 0.3) is 0 Å². The van der Waals surface area contributed by atoms with Gasteiger partial charge in [0.05, 0.1) is 15.9 Å². The van der Waals surface area contributed by atoms with Crippen LogP contribution in [-0.2, 0) is 0 Å². The second kappa shape index (κ2) is 4.08. The number of nitrogens with zero attached hydrogens (tertiary/aromatic N) is 2. The van der Waals surface area contributed by atoms with Crippen LogP contribution in [0.5, 0.6) is 0 Å². The number of thiazole rings is 1. The van der Waals surface area contributed by atoms with E-state index < -0.39 is 0 Å². The fourth-order valence-electron chi connectivity index (χ4n) is 2.22. The molecule has 0 aliphatic rings. The van der Waals surface area contributed by atoms with Gasteiger partial charge in [0.2, 0.25) is 0 Å². The summed E-state index contributed by atoms with van der Waals surface area (Å²) in [5, 5.41) is 0.764. The zero-order chi connectivity index (χ0) is 12.8. The number of rotatable bonds is 1. The van der Waals surface area contributed by atoms with Crippen molar-refractivity contribution in [1.29, 1.82) is 0 Å². The highest BCUT2D eigenvalue weighted by Crippen LogP contribution is 2.30. The first-order chi connectivity index (χ1) is 9.31. The monoisotopic (exact) mass is 284 g/mol. The molecule has 2 heterocycles. The van der Waals surface area contributed by atoms with Crippen LogP contribution in [0.15, 0.2) is 54.7 Å². The summed E-state index contributed by atoms with van der Waals surface area (Å²) < 4.78 is 3.29. The minimum absolute atomic E-state index is 0.764. The van der Waals surface area contributed by atoms with Gasteiger partial charge < -0.3 is 0 Å². The van der Waals surface area contributed by atoms with Crippen molar-refractivity contribution in [1.82, 2.24) is 9.38 Å². The highest BCUT2D eigenvalue weighted by molar-refractivity contribution is 7.23. The molecule has 4 aromatic rings. The summed E-state index contributed by atoms with van der Waals surface area (Å²) >= 11 is 7.68. The number of hydrogen-bond donors (Lipinski definition) is 0. The van der Waals surface area contributed by atoms with Crippen LogP contribution in [0.4, 0.5) is 0 Å². The molecular formula is C15H9ClN2S. The number of hydrogen-bond acceptors (Lipinski definition) is 2. The molecule has 0 aliphatic heterocycles. The van der Waals surface area contributed by atoms with Crippen LogP contribution >= 0.6 is 22.9 Å². The second-order valence-electron chi connectivity index (χ2n) is 4.36. The number of imidazole rings is 1. The first-order valence-corrected chi connectivity index (χ1v) is 7.13. The third-order valence-corrected chi connectivity index (χ3v) is 4.38. The molecule has 2 aromatic heterocycles. The average Bonchev–Trinajstić information content (AvgIpc) is 2.96. The predicted octanol–water partition coefficient (Wildman–Crippen LogP) is 4.87. The Bertz CT molecular complexity index is 877. The molecule has 19 heavy (non-hydrogen) atoms. The lowest BCUT2D eigenvalue weighted by Crippen LogP contribution is -1.77. The van der Waals surface area contributed by atoms with Gasteiger partial charge in [-0.25, -0.2) is 4.98 Å². The van der Waals surface area contributed by atoms with E-state index in [1.165, 1.54) is 0 Å². The van der Waals surface area contributed by atoms with E-state index in [1.807, 2.05) is 36.4 Å². The molecule has 4 heteroatoms. The molecule has 0 radical (unpaired) electrons. The maximum atomic E-state index is 6.02. The van der Waals surface area contributed by atoms with Crippen LogP contribution in [0, 0.1) is 0 Å². The number of benzene rings is 2. The van der Waals surface area contributed by atoms with Crippen molar-refractivity contribution in [3.05, 3.63) is 59.8 Å². The van der Waals surface area contributed by atoms with E-state index in [9.17, 15) is 0 Å². The third kappa shape index (κ3) is 1.74. The number of aromatic nitrogens is 2. The van der Waals surface area contributed by atoms with Gasteiger partial charge in [0.1, 0.15) is 0 Å². The Morgan fingerprint density at radius 2 is 1.89 bits per heavy atom. The predicted molar refractivity (Wildman–Crippen MR) is 81.0 cm³/mol. The lowest BCUT2D eigenvalue weighted by Gasteiger charge is -1.94. The number of halogens is 1. The van der Waals surface area contributed by atoms with E-state index in [-0.39, 0.29) is 0 Å². The molecule has 0 spiro atoms. The normalized spacial score (nSPS) is 11.4. The van der Waals surface area contributed by atoms with Gasteiger partial charge in [-0.3, -0.25) is 4.40 Å². The SMILES string of the molecule is Clc1ccc2c(c1)sc1nc(-c3ccccc3)cn12. The third-order valence-electron chi connectivity index (χ3n) is 3.13. The molecule has 0 saturated heterocycles. The van der Waals surface area contributed by atoms with Crippen molar-refractivity contribution < 1.29 is 0 Å². The molecule has 0 fully saturated rings. The van der Waals surface area contributed by atoms with Gasteiger partial charge in [0, 0.05) is 16.8 Å². The van der Waals surface area contributed by atoms with E-state index in [4.69, 9.17) is 11.6 Å². The van der Waals surface area contributed by atoms with E-state index in [0.717, 1.165) is 31.5 Å². The first-order valence-electron chi connectivity index (χ1n) is 5.94. The average molecular weight is 285 g/mol.